The van der Waals surface area contributed by atoms with E-state index < -0.39 is 0 Å². The average Bonchev–Trinajstić information content (AvgIpc) is 2.25. The van der Waals surface area contributed by atoms with E-state index in [0.29, 0.717) is 0 Å². The zero-order chi connectivity index (χ0) is 12.4. The van der Waals surface area contributed by atoms with Crippen LogP contribution in [0.3, 0.4) is 0 Å². The van der Waals surface area contributed by atoms with Crippen molar-refractivity contribution < 1.29 is 4.79 Å². The molecular formula is C15H21NO. The van der Waals surface area contributed by atoms with Gasteiger partial charge in [0, 0.05) is 17.5 Å². The number of Topliss-reactive ketones (excluding diaryl/α,β-unsaturated/α-hetero) is 1. The lowest BCUT2D eigenvalue weighted by Crippen LogP contribution is -2.30. The van der Waals surface area contributed by atoms with Gasteiger partial charge < -0.3 is 5.73 Å². The molecule has 2 N–H and O–H groups in total. The molecule has 2 atom stereocenters. The van der Waals surface area contributed by atoms with Crippen molar-refractivity contribution in [3.05, 3.63) is 35.4 Å². The summed E-state index contributed by atoms with van der Waals surface area (Å²) in [5, 5.41) is 0. The third-order valence-corrected chi connectivity index (χ3v) is 3.97. The van der Waals surface area contributed by atoms with Gasteiger partial charge in [-0.2, -0.15) is 0 Å². The highest BCUT2D eigenvalue weighted by Crippen LogP contribution is 2.36. The molecule has 2 heteroatoms. The number of carbonyl (C=O) groups is 1. The van der Waals surface area contributed by atoms with Gasteiger partial charge in [-0.05, 0) is 31.2 Å². The number of hydrogen-bond donors (Lipinski definition) is 1. The molecule has 2 nitrogen and oxygen atoms in total. The van der Waals surface area contributed by atoms with E-state index >= 15 is 0 Å². The number of hydrogen-bond acceptors (Lipinski definition) is 2. The largest absolute Gasteiger partial charge is 0.327 e. The summed E-state index contributed by atoms with van der Waals surface area (Å²) in [5.41, 5.74) is 7.93. The van der Waals surface area contributed by atoms with Crippen molar-refractivity contribution in [2.45, 2.75) is 45.1 Å². The van der Waals surface area contributed by atoms with Crippen molar-refractivity contribution in [3.63, 3.8) is 0 Å². The minimum Gasteiger partial charge on any atom is -0.327 e. The zero-order valence-electron chi connectivity index (χ0n) is 10.6. The Balaban J connectivity index is 2.09. The molecule has 92 valence electrons. The lowest BCUT2D eigenvalue weighted by Gasteiger charge is -2.26. The number of carbonyl (C=O) groups excluding carboxylic acids is 1. The second-order valence-corrected chi connectivity index (χ2v) is 5.26. The van der Waals surface area contributed by atoms with Crippen LogP contribution in [0.15, 0.2) is 24.3 Å². The van der Waals surface area contributed by atoms with Crippen LogP contribution < -0.4 is 5.73 Å². The summed E-state index contributed by atoms with van der Waals surface area (Å²) in [7, 11) is 0. The fraction of sp³-hybridized carbons (Fsp3) is 0.533. The molecule has 1 fully saturated rings. The van der Waals surface area contributed by atoms with E-state index in [1.54, 1.807) is 0 Å². The SMILES string of the molecule is CC(N)C(C)C(=O)c1ccc(C2CCC2)cc1. The molecular weight excluding hydrogens is 210 g/mol. The molecule has 2 rings (SSSR count). The average molecular weight is 231 g/mol. The molecule has 0 aliphatic heterocycles. The Morgan fingerprint density at radius 2 is 1.82 bits per heavy atom. The highest BCUT2D eigenvalue weighted by molar-refractivity contribution is 5.98. The molecule has 0 radical (unpaired) electrons. The lowest BCUT2D eigenvalue weighted by molar-refractivity contribution is 0.0917. The van der Waals surface area contributed by atoms with Crippen molar-refractivity contribution in [3.8, 4) is 0 Å². The second-order valence-electron chi connectivity index (χ2n) is 5.26. The van der Waals surface area contributed by atoms with E-state index in [0.717, 1.165) is 11.5 Å². The molecule has 1 aliphatic carbocycles. The first-order chi connectivity index (χ1) is 8.09. The maximum absolute atomic E-state index is 12.1. The molecule has 2 unspecified atom stereocenters. The Labute approximate surface area is 103 Å². The predicted octanol–water partition coefficient (Wildman–Crippen LogP) is 3.12. The quantitative estimate of drug-likeness (QED) is 0.809. The number of benzene rings is 1. The Bertz CT molecular complexity index is 390. The van der Waals surface area contributed by atoms with Crippen LogP contribution in [0.1, 0.15) is 54.9 Å². The van der Waals surface area contributed by atoms with Crippen molar-refractivity contribution in [1.29, 1.82) is 0 Å². The molecule has 17 heavy (non-hydrogen) atoms. The van der Waals surface area contributed by atoms with Gasteiger partial charge in [-0.3, -0.25) is 4.79 Å². The fourth-order valence-electron chi connectivity index (χ4n) is 2.16. The summed E-state index contributed by atoms with van der Waals surface area (Å²) < 4.78 is 0. The van der Waals surface area contributed by atoms with Crippen molar-refractivity contribution in [2.75, 3.05) is 0 Å². The van der Waals surface area contributed by atoms with Gasteiger partial charge in [-0.1, -0.05) is 37.6 Å². The molecule has 0 amide bonds. The molecule has 0 heterocycles. The lowest BCUT2D eigenvalue weighted by atomic mass is 9.79. The molecule has 0 spiro atoms. The van der Waals surface area contributed by atoms with Crippen LogP contribution >= 0.6 is 0 Å². The number of rotatable bonds is 4. The van der Waals surface area contributed by atoms with Gasteiger partial charge in [-0.15, -0.1) is 0 Å². The summed E-state index contributed by atoms with van der Waals surface area (Å²) in [5.74, 6) is 0.773. The van der Waals surface area contributed by atoms with Gasteiger partial charge in [0.2, 0.25) is 0 Å². The summed E-state index contributed by atoms with van der Waals surface area (Å²) in [6.07, 6.45) is 3.93. The molecule has 0 bridgehead atoms. The molecule has 1 aliphatic rings. The summed E-state index contributed by atoms with van der Waals surface area (Å²) >= 11 is 0. The molecule has 1 saturated carbocycles. The third-order valence-electron chi connectivity index (χ3n) is 3.97. The van der Waals surface area contributed by atoms with Gasteiger partial charge in [0.1, 0.15) is 0 Å². The Morgan fingerprint density at radius 1 is 1.24 bits per heavy atom. The van der Waals surface area contributed by atoms with Gasteiger partial charge in [-0.25, -0.2) is 0 Å². The normalized spacial score (nSPS) is 19.5. The fourth-order valence-corrected chi connectivity index (χ4v) is 2.16. The predicted molar refractivity (Wildman–Crippen MR) is 70.2 cm³/mol. The van der Waals surface area contributed by atoms with Crippen LogP contribution in [0.2, 0.25) is 0 Å². The van der Waals surface area contributed by atoms with Crippen molar-refractivity contribution in [2.24, 2.45) is 11.7 Å². The Morgan fingerprint density at radius 3 is 2.24 bits per heavy atom. The first-order valence-electron chi connectivity index (χ1n) is 6.49. The molecule has 0 saturated heterocycles. The van der Waals surface area contributed by atoms with E-state index in [4.69, 9.17) is 5.73 Å². The van der Waals surface area contributed by atoms with Gasteiger partial charge in [0.05, 0.1) is 0 Å². The van der Waals surface area contributed by atoms with E-state index in [9.17, 15) is 4.79 Å². The topological polar surface area (TPSA) is 43.1 Å². The monoisotopic (exact) mass is 231 g/mol. The number of ketones is 1. The van der Waals surface area contributed by atoms with Crippen molar-refractivity contribution in [1.82, 2.24) is 0 Å². The van der Waals surface area contributed by atoms with Crippen LogP contribution in [-0.2, 0) is 0 Å². The highest BCUT2D eigenvalue weighted by atomic mass is 16.1. The first-order valence-corrected chi connectivity index (χ1v) is 6.49. The zero-order valence-corrected chi connectivity index (χ0v) is 10.6. The summed E-state index contributed by atoms with van der Waals surface area (Å²) in [6.45, 7) is 3.78. The standard InChI is InChI=1S/C15H21NO/c1-10(11(2)16)15(17)14-8-6-13(7-9-14)12-4-3-5-12/h6-12H,3-5,16H2,1-2H3. The highest BCUT2D eigenvalue weighted by Gasteiger charge is 2.21. The van der Waals surface area contributed by atoms with Gasteiger partial charge >= 0.3 is 0 Å². The maximum Gasteiger partial charge on any atom is 0.167 e. The smallest absolute Gasteiger partial charge is 0.167 e. The van der Waals surface area contributed by atoms with E-state index in [-0.39, 0.29) is 17.7 Å². The Kier molecular flexibility index (Phi) is 3.63. The molecule has 1 aromatic rings. The maximum atomic E-state index is 12.1. The van der Waals surface area contributed by atoms with Gasteiger partial charge in [0.15, 0.2) is 5.78 Å². The van der Waals surface area contributed by atoms with Crippen LogP contribution in [0.4, 0.5) is 0 Å². The van der Waals surface area contributed by atoms with E-state index in [1.807, 2.05) is 26.0 Å². The van der Waals surface area contributed by atoms with E-state index in [2.05, 4.69) is 12.1 Å². The first kappa shape index (κ1) is 12.3. The van der Waals surface area contributed by atoms with Crippen LogP contribution in [0.5, 0.6) is 0 Å². The van der Waals surface area contributed by atoms with Crippen LogP contribution in [-0.4, -0.2) is 11.8 Å². The van der Waals surface area contributed by atoms with Crippen LogP contribution in [0.25, 0.3) is 0 Å². The molecule has 1 aromatic carbocycles. The Hall–Kier alpha value is -1.15. The summed E-state index contributed by atoms with van der Waals surface area (Å²) in [4.78, 5) is 12.1. The second kappa shape index (κ2) is 5.01. The summed E-state index contributed by atoms with van der Waals surface area (Å²) in [6, 6.07) is 8.02. The minimum absolute atomic E-state index is 0.0891. The third kappa shape index (κ3) is 2.58. The van der Waals surface area contributed by atoms with Crippen LogP contribution in [0, 0.1) is 5.92 Å². The minimum atomic E-state index is -0.107. The van der Waals surface area contributed by atoms with E-state index in [1.165, 1.54) is 24.8 Å². The van der Waals surface area contributed by atoms with Gasteiger partial charge in [0.25, 0.3) is 0 Å². The van der Waals surface area contributed by atoms with Crippen molar-refractivity contribution >= 4 is 5.78 Å². The number of nitrogens with two attached hydrogens (primary N) is 1. The molecule has 0 aromatic heterocycles.